The Kier molecular flexibility index (Phi) is 5.34. The van der Waals surface area contributed by atoms with E-state index in [1.165, 1.54) is 14.2 Å². The Hall–Kier alpha value is -0.210. The second kappa shape index (κ2) is 5.44. The van der Waals surface area contributed by atoms with Gasteiger partial charge in [0.15, 0.2) is 0 Å². The summed E-state index contributed by atoms with van der Waals surface area (Å²) in [5.41, 5.74) is 0. The molecule has 0 fully saturated rings. The topological polar surface area (TPSA) is 82.1 Å². The van der Waals surface area contributed by atoms with Crippen LogP contribution in [0.5, 0.6) is 0 Å². The summed E-state index contributed by atoms with van der Waals surface area (Å²) < 4.78 is 41.9. The third-order valence-electron chi connectivity index (χ3n) is 1.09. The fourth-order valence-corrected chi connectivity index (χ4v) is 0.856. The van der Waals surface area contributed by atoms with Gasteiger partial charge in [-0.1, -0.05) is 0 Å². The summed E-state index contributed by atoms with van der Waals surface area (Å²) in [7, 11) is -1.55. The number of hydrogen-bond donors (Lipinski definition) is 1. The zero-order valence-corrected chi connectivity index (χ0v) is 7.70. The van der Waals surface area contributed by atoms with Crippen molar-refractivity contribution in [2.75, 3.05) is 27.4 Å². The van der Waals surface area contributed by atoms with Crippen molar-refractivity contribution < 1.29 is 26.6 Å². The number of rotatable bonds is 6. The standard InChI is InChI=1S/C5H12O6S/c1-9-3-5(10-2)4-11-12(6,7)8/h5H,3-4H2,1-2H3,(H,6,7,8). The second-order valence-electron chi connectivity index (χ2n) is 2.03. The van der Waals surface area contributed by atoms with Crippen molar-refractivity contribution in [1.29, 1.82) is 0 Å². The van der Waals surface area contributed by atoms with E-state index < -0.39 is 16.5 Å². The SMILES string of the molecule is COCC(COS(=O)(=O)O)OC. The predicted octanol–water partition coefficient (Wildman–Crippen LogP) is -0.533. The first-order valence-electron chi connectivity index (χ1n) is 3.13. The first kappa shape index (κ1) is 11.8. The van der Waals surface area contributed by atoms with Gasteiger partial charge in [0.25, 0.3) is 0 Å². The van der Waals surface area contributed by atoms with Crippen molar-refractivity contribution in [3.63, 3.8) is 0 Å². The molecule has 0 bridgehead atoms. The van der Waals surface area contributed by atoms with E-state index in [2.05, 4.69) is 8.92 Å². The van der Waals surface area contributed by atoms with E-state index >= 15 is 0 Å². The van der Waals surface area contributed by atoms with Crippen LogP contribution in [0.2, 0.25) is 0 Å². The van der Waals surface area contributed by atoms with E-state index in [-0.39, 0.29) is 13.2 Å². The maximum absolute atomic E-state index is 10.1. The third-order valence-corrected chi connectivity index (χ3v) is 1.52. The molecule has 74 valence electrons. The summed E-state index contributed by atoms with van der Waals surface area (Å²) in [4.78, 5) is 0. The van der Waals surface area contributed by atoms with Crippen molar-refractivity contribution in [3.05, 3.63) is 0 Å². The number of ether oxygens (including phenoxy) is 2. The van der Waals surface area contributed by atoms with Gasteiger partial charge in [0.2, 0.25) is 0 Å². The smallest absolute Gasteiger partial charge is 0.382 e. The van der Waals surface area contributed by atoms with Crippen LogP contribution < -0.4 is 0 Å². The average molecular weight is 200 g/mol. The molecule has 0 aliphatic heterocycles. The third kappa shape index (κ3) is 6.50. The fourth-order valence-electron chi connectivity index (χ4n) is 0.532. The minimum atomic E-state index is -4.38. The molecule has 0 saturated heterocycles. The molecular formula is C5H12O6S. The van der Waals surface area contributed by atoms with E-state index in [1.54, 1.807) is 0 Å². The van der Waals surface area contributed by atoms with Crippen molar-refractivity contribution in [1.82, 2.24) is 0 Å². The van der Waals surface area contributed by atoms with Crippen LogP contribution in [0.25, 0.3) is 0 Å². The van der Waals surface area contributed by atoms with Gasteiger partial charge in [-0.2, -0.15) is 8.42 Å². The highest BCUT2D eigenvalue weighted by Gasteiger charge is 2.12. The maximum Gasteiger partial charge on any atom is 0.397 e. The highest BCUT2D eigenvalue weighted by molar-refractivity contribution is 7.80. The van der Waals surface area contributed by atoms with E-state index in [9.17, 15) is 8.42 Å². The van der Waals surface area contributed by atoms with Crippen molar-refractivity contribution in [2.45, 2.75) is 6.10 Å². The van der Waals surface area contributed by atoms with Crippen molar-refractivity contribution in [3.8, 4) is 0 Å². The highest BCUT2D eigenvalue weighted by atomic mass is 32.3. The minimum absolute atomic E-state index is 0.200. The predicted molar refractivity (Wildman–Crippen MR) is 40.2 cm³/mol. The molecular weight excluding hydrogens is 188 g/mol. The Morgan fingerprint density at radius 3 is 2.25 bits per heavy atom. The lowest BCUT2D eigenvalue weighted by molar-refractivity contribution is 0.00000211. The van der Waals surface area contributed by atoms with Gasteiger partial charge in [0, 0.05) is 14.2 Å². The molecule has 0 radical (unpaired) electrons. The molecule has 6 nitrogen and oxygen atoms in total. The average Bonchev–Trinajstić information content (AvgIpc) is 1.96. The van der Waals surface area contributed by atoms with E-state index in [1.807, 2.05) is 0 Å². The van der Waals surface area contributed by atoms with Crippen molar-refractivity contribution >= 4 is 10.4 Å². The first-order valence-corrected chi connectivity index (χ1v) is 4.49. The van der Waals surface area contributed by atoms with Gasteiger partial charge < -0.3 is 9.47 Å². The van der Waals surface area contributed by atoms with Crippen LogP contribution in [-0.2, 0) is 24.1 Å². The molecule has 0 heterocycles. The minimum Gasteiger partial charge on any atom is -0.382 e. The summed E-state index contributed by atoms with van der Waals surface area (Å²) in [6, 6.07) is 0. The summed E-state index contributed by atoms with van der Waals surface area (Å²) in [6.45, 7) is -0.0603. The Balaban J connectivity index is 3.73. The highest BCUT2D eigenvalue weighted by Crippen LogP contribution is 1.95. The molecule has 1 N–H and O–H groups in total. The summed E-state index contributed by atoms with van der Waals surface area (Å²) in [5, 5.41) is 0. The molecule has 0 amide bonds. The maximum atomic E-state index is 10.1. The van der Waals surface area contributed by atoms with Gasteiger partial charge in [-0.3, -0.25) is 4.55 Å². The molecule has 0 rings (SSSR count). The molecule has 0 saturated carbocycles. The molecule has 1 unspecified atom stereocenters. The van der Waals surface area contributed by atoms with Crippen LogP contribution in [0.4, 0.5) is 0 Å². The molecule has 0 aromatic heterocycles. The molecule has 7 heteroatoms. The first-order chi connectivity index (χ1) is 5.49. The van der Waals surface area contributed by atoms with Gasteiger partial charge >= 0.3 is 10.4 Å². The van der Waals surface area contributed by atoms with Crippen LogP contribution in [0.15, 0.2) is 0 Å². The molecule has 0 aliphatic carbocycles. The van der Waals surface area contributed by atoms with Gasteiger partial charge in [-0.25, -0.2) is 4.18 Å². The van der Waals surface area contributed by atoms with Gasteiger partial charge in [-0.05, 0) is 0 Å². The Morgan fingerprint density at radius 1 is 1.33 bits per heavy atom. The van der Waals surface area contributed by atoms with Gasteiger partial charge in [0.1, 0.15) is 6.10 Å². The van der Waals surface area contributed by atoms with Crippen LogP contribution >= 0.6 is 0 Å². The number of hydrogen-bond acceptors (Lipinski definition) is 5. The summed E-state index contributed by atoms with van der Waals surface area (Å²) in [5.74, 6) is 0. The lowest BCUT2D eigenvalue weighted by Gasteiger charge is -2.12. The Labute approximate surface area is 71.4 Å². The van der Waals surface area contributed by atoms with Crippen molar-refractivity contribution in [2.24, 2.45) is 0 Å². The zero-order valence-electron chi connectivity index (χ0n) is 6.89. The van der Waals surface area contributed by atoms with Gasteiger partial charge in [0.05, 0.1) is 13.2 Å². The van der Waals surface area contributed by atoms with E-state index in [4.69, 9.17) is 9.29 Å². The molecule has 12 heavy (non-hydrogen) atoms. The molecule has 0 aromatic rings. The molecule has 0 spiro atoms. The van der Waals surface area contributed by atoms with Crippen LogP contribution in [0.3, 0.4) is 0 Å². The van der Waals surface area contributed by atoms with Crippen LogP contribution in [0.1, 0.15) is 0 Å². The molecule has 0 aromatic carbocycles. The van der Waals surface area contributed by atoms with Crippen LogP contribution in [0, 0.1) is 0 Å². The normalized spacial score (nSPS) is 14.6. The Morgan fingerprint density at radius 2 is 1.92 bits per heavy atom. The van der Waals surface area contributed by atoms with Gasteiger partial charge in [-0.15, -0.1) is 0 Å². The molecule has 0 aliphatic rings. The number of methoxy groups -OCH3 is 2. The summed E-state index contributed by atoms with van der Waals surface area (Å²) >= 11 is 0. The second-order valence-corrected chi connectivity index (χ2v) is 3.12. The van der Waals surface area contributed by atoms with Crippen LogP contribution in [-0.4, -0.2) is 46.5 Å². The molecule has 1 atom stereocenters. The lowest BCUT2D eigenvalue weighted by atomic mass is 10.4. The fraction of sp³-hybridized carbons (Fsp3) is 1.00. The van der Waals surface area contributed by atoms with E-state index in [0.717, 1.165) is 0 Å². The Bertz CT molecular complexity index is 198. The largest absolute Gasteiger partial charge is 0.397 e. The summed E-state index contributed by atoms with van der Waals surface area (Å²) in [6.07, 6.45) is -0.503. The van der Waals surface area contributed by atoms with E-state index in [0.29, 0.717) is 0 Å². The monoisotopic (exact) mass is 200 g/mol. The zero-order chi connectivity index (χ0) is 9.61. The lowest BCUT2D eigenvalue weighted by Crippen LogP contribution is -2.25. The quantitative estimate of drug-likeness (QED) is 0.580.